The number of anilines is 1. The summed E-state index contributed by atoms with van der Waals surface area (Å²) in [6, 6.07) is 9.18. The summed E-state index contributed by atoms with van der Waals surface area (Å²) in [5, 5.41) is 9.23. The van der Waals surface area contributed by atoms with Crippen molar-refractivity contribution in [1.82, 2.24) is 4.98 Å². The lowest BCUT2D eigenvalue weighted by atomic mass is 10.0. The molecule has 0 bridgehead atoms. The van der Waals surface area contributed by atoms with Gasteiger partial charge in [-0.3, -0.25) is 0 Å². The van der Waals surface area contributed by atoms with E-state index < -0.39 is 27.1 Å². The van der Waals surface area contributed by atoms with E-state index in [0.717, 1.165) is 0 Å². The molecular formula is C14H10F3N3O3S. The molecule has 0 aliphatic carbocycles. The third-order valence-electron chi connectivity index (χ3n) is 2.92. The molecule has 0 saturated carbocycles. The van der Waals surface area contributed by atoms with E-state index >= 15 is 0 Å². The van der Waals surface area contributed by atoms with Crippen LogP contribution in [0, 0.1) is 18.3 Å². The van der Waals surface area contributed by atoms with E-state index in [0.29, 0.717) is 11.3 Å². The number of hydrogen-bond acceptors (Lipinski definition) is 6. The van der Waals surface area contributed by atoms with Gasteiger partial charge in [-0.25, -0.2) is 4.98 Å². The number of halogens is 3. The molecule has 0 spiro atoms. The van der Waals surface area contributed by atoms with Gasteiger partial charge in [0.15, 0.2) is 0 Å². The zero-order valence-corrected chi connectivity index (χ0v) is 12.9. The van der Waals surface area contributed by atoms with Crippen LogP contribution < -0.4 is 9.92 Å². The van der Waals surface area contributed by atoms with Gasteiger partial charge >= 0.3 is 15.6 Å². The highest BCUT2D eigenvalue weighted by molar-refractivity contribution is 7.87. The molecular weight excluding hydrogens is 347 g/mol. The molecule has 1 aromatic heterocycles. The summed E-state index contributed by atoms with van der Waals surface area (Å²) < 4.78 is 63.9. The number of nitriles is 1. The van der Waals surface area contributed by atoms with E-state index in [1.54, 1.807) is 6.07 Å². The topological polar surface area (TPSA) is 106 Å². The van der Waals surface area contributed by atoms with Crippen LogP contribution in [0.3, 0.4) is 0 Å². The summed E-state index contributed by atoms with van der Waals surface area (Å²) in [4.78, 5) is 3.60. The molecule has 2 N–H and O–H groups in total. The van der Waals surface area contributed by atoms with Crippen molar-refractivity contribution < 1.29 is 25.8 Å². The SMILES string of the molecule is Cc1cc(-c2ccc(N)cc2)c(C#N)c(OS(=O)(=O)C(F)(F)F)n1. The third kappa shape index (κ3) is 3.41. The molecule has 0 radical (unpaired) electrons. The molecule has 6 nitrogen and oxygen atoms in total. The van der Waals surface area contributed by atoms with Crippen molar-refractivity contribution in [2.45, 2.75) is 12.4 Å². The molecule has 0 fully saturated rings. The monoisotopic (exact) mass is 357 g/mol. The molecule has 0 atom stereocenters. The minimum absolute atomic E-state index is 0.174. The third-order valence-corrected chi connectivity index (χ3v) is 3.86. The van der Waals surface area contributed by atoms with E-state index in [1.165, 1.54) is 37.3 Å². The molecule has 2 aromatic rings. The van der Waals surface area contributed by atoms with E-state index in [-0.39, 0.29) is 11.3 Å². The van der Waals surface area contributed by atoms with Gasteiger partial charge in [0.2, 0.25) is 0 Å². The van der Waals surface area contributed by atoms with Crippen LogP contribution in [-0.2, 0) is 10.1 Å². The largest absolute Gasteiger partial charge is 0.534 e. The highest BCUT2D eigenvalue weighted by Gasteiger charge is 2.49. The maximum absolute atomic E-state index is 12.5. The Morgan fingerprint density at radius 2 is 1.83 bits per heavy atom. The molecule has 2 rings (SSSR count). The minimum Gasteiger partial charge on any atom is -0.399 e. The first kappa shape index (κ1) is 17.6. The van der Waals surface area contributed by atoms with E-state index in [4.69, 9.17) is 5.73 Å². The van der Waals surface area contributed by atoms with Gasteiger partial charge in [0, 0.05) is 16.9 Å². The standard InChI is InChI=1S/C14H10F3N3O3S/c1-8-6-11(9-2-4-10(19)5-3-9)12(7-18)13(20-8)23-24(21,22)14(15,16)17/h2-6H,19H2,1H3. The fourth-order valence-corrected chi connectivity index (χ4v) is 2.28. The lowest BCUT2D eigenvalue weighted by Crippen LogP contribution is -2.28. The predicted octanol–water partition coefficient (Wildman–Crippen LogP) is 2.74. The normalized spacial score (nSPS) is 11.8. The lowest BCUT2D eigenvalue weighted by molar-refractivity contribution is -0.0501. The van der Waals surface area contributed by atoms with Crippen LogP contribution in [0.15, 0.2) is 30.3 Å². The van der Waals surface area contributed by atoms with Crippen molar-refractivity contribution in [3.63, 3.8) is 0 Å². The quantitative estimate of drug-likeness (QED) is 0.514. The van der Waals surface area contributed by atoms with Crippen LogP contribution in [0.25, 0.3) is 11.1 Å². The van der Waals surface area contributed by atoms with Crippen LogP contribution in [-0.4, -0.2) is 18.9 Å². The number of nitrogen functional groups attached to an aromatic ring is 1. The summed E-state index contributed by atoms with van der Waals surface area (Å²) in [7, 11) is -5.94. The molecule has 126 valence electrons. The molecule has 24 heavy (non-hydrogen) atoms. The Morgan fingerprint density at radius 1 is 1.25 bits per heavy atom. The second kappa shape index (κ2) is 6.01. The Bertz CT molecular complexity index is 917. The number of nitrogens with two attached hydrogens (primary N) is 1. The van der Waals surface area contributed by atoms with Gasteiger partial charge in [-0.05, 0) is 30.7 Å². The zero-order chi connectivity index (χ0) is 18.1. The summed E-state index contributed by atoms with van der Waals surface area (Å²) in [6.07, 6.45) is 0. The van der Waals surface area contributed by atoms with Crippen molar-refractivity contribution >= 4 is 15.8 Å². The Kier molecular flexibility index (Phi) is 4.40. The predicted molar refractivity (Wildman–Crippen MR) is 79.1 cm³/mol. The highest BCUT2D eigenvalue weighted by atomic mass is 32.2. The van der Waals surface area contributed by atoms with Gasteiger partial charge in [-0.2, -0.15) is 26.9 Å². The first-order chi connectivity index (χ1) is 11.0. The van der Waals surface area contributed by atoms with Gasteiger partial charge in [-0.15, -0.1) is 0 Å². The Hall–Kier alpha value is -2.80. The number of aryl methyl sites for hydroxylation is 1. The second-order valence-electron chi connectivity index (χ2n) is 4.71. The Balaban J connectivity index is 2.63. The van der Waals surface area contributed by atoms with Gasteiger partial charge < -0.3 is 9.92 Å². The van der Waals surface area contributed by atoms with Crippen LogP contribution in [0.1, 0.15) is 11.3 Å². The number of pyridine rings is 1. The van der Waals surface area contributed by atoms with E-state index in [2.05, 4.69) is 9.17 Å². The smallest absolute Gasteiger partial charge is 0.399 e. The molecule has 0 aliphatic heterocycles. The van der Waals surface area contributed by atoms with Crippen molar-refractivity contribution in [3.8, 4) is 23.1 Å². The summed E-state index contributed by atoms with van der Waals surface area (Å²) in [6.45, 7) is 1.43. The van der Waals surface area contributed by atoms with Crippen LogP contribution >= 0.6 is 0 Å². The maximum Gasteiger partial charge on any atom is 0.534 e. The number of aromatic nitrogens is 1. The van der Waals surface area contributed by atoms with Gasteiger partial charge in [-0.1, -0.05) is 12.1 Å². The van der Waals surface area contributed by atoms with Crippen molar-refractivity contribution in [1.29, 1.82) is 5.26 Å². The van der Waals surface area contributed by atoms with Crippen LogP contribution in [0.4, 0.5) is 18.9 Å². The number of nitrogens with zero attached hydrogens (tertiary/aromatic N) is 2. The molecule has 0 amide bonds. The minimum atomic E-state index is -5.94. The average molecular weight is 357 g/mol. The molecule has 0 unspecified atom stereocenters. The molecule has 1 heterocycles. The first-order valence-electron chi connectivity index (χ1n) is 6.33. The second-order valence-corrected chi connectivity index (χ2v) is 6.25. The fraction of sp³-hybridized carbons (Fsp3) is 0.143. The van der Waals surface area contributed by atoms with E-state index in [1.807, 2.05) is 0 Å². The van der Waals surface area contributed by atoms with Gasteiger partial charge in [0.1, 0.15) is 11.6 Å². The molecule has 10 heteroatoms. The number of benzene rings is 1. The zero-order valence-electron chi connectivity index (χ0n) is 12.1. The number of rotatable bonds is 3. The summed E-state index contributed by atoms with van der Waals surface area (Å²) >= 11 is 0. The molecule has 0 saturated heterocycles. The molecule has 0 aliphatic rings. The first-order valence-corrected chi connectivity index (χ1v) is 7.74. The van der Waals surface area contributed by atoms with E-state index in [9.17, 15) is 26.9 Å². The van der Waals surface area contributed by atoms with Crippen LogP contribution in [0.2, 0.25) is 0 Å². The maximum atomic E-state index is 12.5. The Labute approximate surface area is 135 Å². The number of alkyl halides is 3. The van der Waals surface area contributed by atoms with Gasteiger partial charge in [0.05, 0.1) is 0 Å². The summed E-state index contributed by atoms with van der Waals surface area (Å²) in [5.74, 6) is -0.929. The summed E-state index contributed by atoms with van der Waals surface area (Å²) in [5.41, 5.74) is 0.736. The van der Waals surface area contributed by atoms with Crippen molar-refractivity contribution in [2.75, 3.05) is 5.73 Å². The van der Waals surface area contributed by atoms with Gasteiger partial charge in [0.25, 0.3) is 5.88 Å². The van der Waals surface area contributed by atoms with Crippen LogP contribution in [0.5, 0.6) is 5.88 Å². The Morgan fingerprint density at radius 3 is 2.33 bits per heavy atom. The lowest BCUT2D eigenvalue weighted by Gasteiger charge is -2.13. The molecule has 1 aromatic carbocycles. The van der Waals surface area contributed by atoms with Crippen molar-refractivity contribution in [3.05, 3.63) is 41.6 Å². The highest BCUT2D eigenvalue weighted by Crippen LogP contribution is 2.33. The number of hydrogen-bond donors (Lipinski definition) is 1. The van der Waals surface area contributed by atoms with Crippen molar-refractivity contribution in [2.24, 2.45) is 0 Å². The average Bonchev–Trinajstić information content (AvgIpc) is 2.46. The fourth-order valence-electron chi connectivity index (χ4n) is 1.85.